The molecular weight excluding hydrogens is 610 g/mol. The Morgan fingerprint density at radius 1 is 1.22 bits per heavy atom. The monoisotopic (exact) mass is 654 g/mol. The predicted octanol–water partition coefficient (Wildman–Crippen LogP) is 6.93. The molecule has 12 heteroatoms. The summed E-state index contributed by atoms with van der Waals surface area (Å²) in [5, 5.41) is 16.1. The number of anilines is 1. The molecule has 2 amide bonds. The van der Waals surface area contributed by atoms with Crippen LogP contribution in [0.3, 0.4) is 0 Å². The molecule has 0 saturated carbocycles. The first-order chi connectivity index (χ1) is 21.6. The maximum atomic E-state index is 13.3. The molecule has 1 fully saturated rings. The van der Waals surface area contributed by atoms with E-state index in [1.165, 1.54) is 12.1 Å². The third-order valence-electron chi connectivity index (χ3n) is 8.39. The number of likely N-dealkylation sites (tertiary alicyclic amines) is 1. The Kier molecular flexibility index (Phi) is 11.0. The summed E-state index contributed by atoms with van der Waals surface area (Å²) in [6.45, 7) is 16.6. The van der Waals surface area contributed by atoms with Crippen LogP contribution in [0.5, 0.6) is 0 Å². The summed E-state index contributed by atoms with van der Waals surface area (Å²) in [6, 6.07) is 10.9. The van der Waals surface area contributed by atoms with Gasteiger partial charge in [-0.1, -0.05) is 26.8 Å². The summed E-state index contributed by atoms with van der Waals surface area (Å²) < 4.78 is 34.0. The Hall–Kier alpha value is -3.66. The molecule has 248 valence electrons. The lowest BCUT2D eigenvalue weighted by atomic mass is 9.88. The van der Waals surface area contributed by atoms with Crippen molar-refractivity contribution in [2.75, 3.05) is 25.0 Å². The Morgan fingerprint density at radius 2 is 1.96 bits per heavy atom. The van der Waals surface area contributed by atoms with Gasteiger partial charge in [0, 0.05) is 38.8 Å². The van der Waals surface area contributed by atoms with Crippen LogP contribution in [0.25, 0.3) is 11.0 Å². The van der Waals surface area contributed by atoms with E-state index in [4.69, 9.17) is 9.72 Å². The van der Waals surface area contributed by atoms with E-state index in [0.717, 1.165) is 22.4 Å². The number of carbonyl (C=O) groups is 2. The van der Waals surface area contributed by atoms with E-state index in [1.54, 1.807) is 11.0 Å². The van der Waals surface area contributed by atoms with Crippen molar-refractivity contribution in [2.24, 2.45) is 11.3 Å². The Bertz CT molecular complexity index is 1630. The number of thiophene rings is 1. The number of ether oxygens (including phenoxy) is 1. The number of fused-ring (bicyclic) bond motifs is 1. The van der Waals surface area contributed by atoms with Gasteiger partial charge in [0.25, 0.3) is 18.2 Å². The van der Waals surface area contributed by atoms with Crippen LogP contribution < -0.4 is 10.6 Å². The molecule has 1 aliphatic rings. The average molecular weight is 655 g/mol. The number of nitrogens with zero attached hydrogens (tertiary/aromatic N) is 4. The van der Waals surface area contributed by atoms with Crippen LogP contribution in [0.15, 0.2) is 42.0 Å². The van der Waals surface area contributed by atoms with Crippen LogP contribution >= 0.6 is 11.3 Å². The third kappa shape index (κ3) is 8.57. The van der Waals surface area contributed by atoms with E-state index in [1.807, 2.05) is 49.6 Å². The molecule has 9 nitrogen and oxygen atoms in total. The number of hydrogen-bond acceptors (Lipinski definition) is 7. The Morgan fingerprint density at radius 3 is 2.59 bits per heavy atom. The molecule has 1 saturated heterocycles. The van der Waals surface area contributed by atoms with Gasteiger partial charge < -0.3 is 19.5 Å². The SMILES string of the molecule is CCOC(C)(C)C=C(C#N)C(=O)N1CCC(Cn2c(NC(=O)c3ccc(C(F)F)s3)nc3cc(CNC(C)C(C)(C)C)ccc32)C1. The maximum absolute atomic E-state index is 13.3. The molecule has 1 aromatic carbocycles. The van der Waals surface area contributed by atoms with Crippen molar-refractivity contribution in [1.29, 1.82) is 5.26 Å². The number of imidazole rings is 1. The van der Waals surface area contributed by atoms with Gasteiger partial charge in [-0.15, -0.1) is 11.3 Å². The smallest absolute Gasteiger partial charge is 0.272 e. The zero-order valence-corrected chi connectivity index (χ0v) is 28.4. The van der Waals surface area contributed by atoms with Gasteiger partial charge in [0.2, 0.25) is 5.95 Å². The standard InChI is InChI=1S/C34H44F2N6O3S/c1-8-45-34(6,7)16-24(17-37)31(44)41-14-13-23(19-41)20-42-26-10-9-22(18-38-21(2)33(3,4)5)15-25(26)39-32(42)40-30(43)28-12-11-27(46-28)29(35)36/h9-12,15-16,21,23,29,38H,8,13-14,18-20H2,1-7H3,(H,39,40,43). The molecule has 0 aliphatic carbocycles. The molecule has 3 aromatic rings. The maximum Gasteiger partial charge on any atom is 0.272 e. The van der Waals surface area contributed by atoms with E-state index >= 15 is 0 Å². The highest BCUT2D eigenvalue weighted by molar-refractivity contribution is 7.14. The molecule has 0 spiro atoms. The van der Waals surface area contributed by atoms with E-state index in [2.05, 4.69) is 38.3 Å². The quantitative estimate of drug-likeness (QED) is 0.162. The number of aromatic nitrogens is 2. The second-order valence-electron chi connectivity index (χ2n) is 13.4. The van der Waals surface area contributed by atoms with E-state index in [9.17, 15) is 23.6 Å². The molecule has 2 unspecified atom stereocenters. The van der Waals surface area contributed by atoms with Crippen molar-refractivity contribution in [3.05, 3.63) is 57.3 Å². The zero-order valence-electron chi connectivity index (χ0n) is 27.6. The van der Waals surface area contributed by atoms with Gasteiger partial charge in [-0.2, -0.15) is 5.26 Å². The zero-order chi connectivity index (χ0) is 33.8. The van der Waals surface area contributed by atoms with Crippen molar-refractivity contribution < 1.29 is 23.1 Å². The van der Waals surface area contributed by atoms with Crippen LogP contribution in [-0.4, -0.2) is 57.6 Å². The summed E-state index contributed by atoms with van der Waals surface area (Å²) in [4.78, 5) is 32.9. The predicted molar refractivity (Wildman–Crippen MR) is 177 cm³/mol. The number of carbonyl (C=O) groups excluding carboxylic acids is 2. The second kappa shape index (κ2) is 14.4. The first-order valence-electron chi connectivity index (χ1n) is 15.6. The van der Waals surface area contributed by atoms with Crippen molar-refractivity contribution in [1.82, 2.24) is 19.8 Å². The lowest BCUT2D eigenvalue weighted by Crippen LogP contribution is -2.37. The van der Waals surface area contributed by atoms with Crippen LogP contribution in [-0.2, 0) is 22.6 Å². The highest BCUT2D eigenvalue weighted by atomic mass is 32.1. The number of amides is 2. The highest BCUT2D eigenvalue weighted by Crippen LogP contribution is 2.30. The van der Waals surface area contributed by atoms with Gasteiger partial charge >= 0.3 is 0 Å². The first-order valence-corrected chi connectivity index (χ1v) is 16.4. The minimum Gasteiger partial charge on any atom is -0.372 e. The fourth-order valence-corrected chi connectivity index (χ4v) is 6.15. The van der Waals surface area contributed by atoms with E-state index < -0.39 is 17.9 Å². The van der Waals surface area contributed by atoms with E-state index in [0.29, 0.717) is 50.7 Å². The number of benzene rings is 1. The molecule has 46 heavy (non-hydrogen) atoms. The first kappa shape index (κ1) is 35.2. The second-order valence-corrected chi connectivity index (χ2v) is 14.5. The Labute approximate surface area is 273 Å². The number of halogens is 2. The lowest BCUT2D eigenvalue weighted by Gasteiger charge is -2.28. The van der Waals surface area contributed by atoms with Gasteiger partial charge in [-0.05, 0) is 81.4 Å². The molecule has 2 N–H and O–H groups in total. The van der Waals surface area contributed by atoms with Crippen molar-refractivity contribution in [2.45, 2.75) is 86.0 Å². The number of nitriles is 1. The lowest BCUT2D eigenvalue weighted by molar-refractivity contribution is -0.126. The van der Waals surface area contributed by atoms with Crippen LogP contribution in [0, 0.1) is 22.7 Å². The molecule has 2 atom stereocenters. The molecule has 4 rings (SSSR count). The van der Waals surface area contributed by atoms with Crippen LogP contribution in [0.4, 0.5) is 14.7 Å². The number of hydrogen-bond donors (Lipinski definition) is 2. The summed E-state index contributed by atoms with van der Waals surface area (Å²) in [5.41, 5.74) is 1.92. The summed E-state index contributed by atoms with van der Waals surface area (Å²) >= 11 is 0.751. The minimum atomic E-state index is -2.65. The minimum absolute atomic E-state index is 0.0259. The van der Waals surface area contributed by atoms with Crippen LogP contribution in [0.1, 0.15) is 81.4 Å². The van der Waals surface area contributed by atoms with Gasteiger partial charge in [-0.25, -0.2) is 13.8 Å². The fraction of sp³-hybridized carbons (Fsp3) is 0.529. The Balaban J connectivity index is 1.58. The van der Waals surface area contributed by atoms with Gasteiger partial charge in [0.15, 0.2) is 0 Å². The summed E-state index contributed by atoms with van der Waals surface area (Å²) in [7, 11) is 0. The van der Waals surface area contributed by atoms with Crippen molar-refractivity contribution in [3.8, 4) is 6.07 Å². The third-order valence-corrected chi connectivity index (χ3v) is 9.48. The topological polar surface area (TPSA) is 112 Å². The summed E-state index contributed by atoms with van der Waals surface area (Å²) in [5.74, 6) is -0.520. The van der Waals surface area contributed by atoms with Gasteiger partial charge in [-0.3, -0.25) is 14.9 Å². The number of alkyl halides is 2. The number of nitrogens with one attached hydrogen (secondary N) is 2. The van der Waals surface area contributed by atoms with Crippen LogP contribution in [0.2, 0.25) is 0 Å². The molecule has 2 aromatic heterocycles. The largest absolute Gasteiger partial charge is 0.372 e. The average Bonchev–Trinajstić information content (AvgIpc) is 3.73. The molecule has 3 heterocycles. The normalized spacial score (nSPS) is 16.7. The van der Waals surface area contributed by atoms with E-state index in [-0.39, 0.29) is 38.6 Å². The van der Waals surface area contributed by atoms with Gasteiger partial charge in [0.05, 0.1) is 26.4 Å². The fourth-order valence-electron chi connectivity index (χ4n) is 5.40. The molecule has 0 bridgehead atoms. The molecular formula is C34H44F2N6O3S. The number of rotatable bonds is 12. The molecule has 1 aliphatic heterocycles. The summed E-state index contributed by atoms with van der Waals surface area (Å²) in [6.07, 6.45) is -0.386. The highest BCUT2D eigenvalue weighted by Gasteiger charge is 2.31. The van der Waals surface area contributed by atoms with Crippen molar-refractivity contribution in [3.63, 3.8) is 0 Å². The van der Waals surface area contributed by atoms with Crippen molar-refractivity contribution >= 4 is 40.1 Å². The molecule has 0 radical (unpaired) electrons. The van der Waals surface area contributed by atoms with Gasteiger partial charge in [0.1, 0.15) is 11.6 Å².